The van der Waals surface area contributed by atoms with Crippen LogP contribution < -0.4 is 9.47 Å². The zero-order valence-corrected chi connectivity index (χ0v) is 17.7. The van der Waals surface area contributed by atoms with Crippen molar-refractivity contribution < 1.29 is 9.47 Å². The molecule has 1 saturated carbocycles. The number of hydrogen-bond acceptors (Lipinski definition) is 5. The highest BCUT2D eigenvalue weighted by atomic mass is 32.1. The number of thiazole rings is 1. The number of nitrogens with zero attached hydrogens (tertiary/aromatic N) is 2. The predicted octanol–water partition coefficient (Wildman–Crippen LogP) is 6.63. The molecule has 150 valence electrons. The van der Waals surface area contributed by atoms with Crippen LogP contribution in [-0.4, -0.2) is 25.4 Å². The van der Waals surface area contributed by atoms with Crippen LogP contribution in [0.3, 0.4) is 0 Å². The van der Waals surface area contributed by atoms with Gasteiger partial charge in [0.2, 0.25) is 5.13 Å². The van der Waals surface area contributed by atoms with Gasteiger partial charge in [-0.25, -0.2) is 9.98 Å². The van der Waals surface area contributed by atoms with Crippen molar-refractivity contribution in [2.45, 2.75) is 38.0 Å². The molecule has 1 aliphatic rings. The minimum absolute atomic E-state index is 0.675. The second kappa shape index (κ2) is 9.23. The normalized spacial score (nSPS) is 15.0. The smallest absolute Gasteiger partial charge is 0.209 e. The Morgan fingerprint density at radius 1 is 1.00 bits per heavy atom. The molecule has 0 bridgehead atoms. The number of aliphatic imine (C=N–C) groups is 1. The van der Waals surface area contributed by atoms with Gasteiger partial charge in [-0.3, -0.25) is 0 Å². The van der Waals surface area contributed by atoms with Crippen molar-refractivity contribution >= 4 is 22.7 Å². The highest BCUT2D eigenvalue weighted by Crippen LogP contribution is 2.34. The Balaban J connectivity index is 1.49. The van der Waals surface area contributed by atoms with Crippen LogP contribution in [0.25, 0.3) is 11.3 Å². The van der Waals surface area contributed by atoms with Gasteiger partial charge in [0.15, 0.2) is 11.5 Å². The molecule has 2 aromatic carbocycles. The summed E-state index contributed by atoms with van der Waals surface area (Å²) in [5, 5.41) is 2.78. The Hall–Kier alpha value is -2.66. The summed E-state index contributed by atoms with van der Waals surface area (Å²) in [6.45, 7) is 0. The summed E-state index contributed by atoms with van der Waals surface area (Å²) in [6.07, 6.45) is 8.52. The standard InChI is InChI=1S/C24H26N2O2S/c1-27-22-10-6-9-20(23(22)28-2)15-25-24-26-21(16-29-24)19-13-11-18(12-14-19)17-7-4-3-5-8-17/h6,9-17H,3-5,7-8H2,1-2H3. The Morgan fingerprint density at radius 2 is 1.79 bits per heavy atom. The van der Waals surface area contributed by atoms with Crippen LogP contribution in [-0.2, 0) is 0 Å². The monoisotopic (exact) mass is 406 g/mol. The summed E-state index contributed by atoms with van der Waals surface area (Å²) in [4.78, 5) is 9.23. The van der Waals surface area contributed by atoms with Crippen molar-refractivity contribution in [2.75, 3.05) is 14.2 Å². The van der Waals surface area contributed by atoms with E-state index in [2.05, 4.69) is 39.6 Å². The van der Waals surface area contributed by atoms with Gasteiger partial charge in [0.1, 0.15) is 0 Å². The molecule has 5 heteroatoms. The summed E-state index contributed by atoms with van der Waals surface area (Å²) < 4.78 is 10.8. The maximum Gasteiger partial charge on any atom is 0.209 e. The van der Waals surface area contributed by atoms with E-state index in [4.69, 9.17) is 9.47 Å². The maximum atomic E-state index is 5.46. The van der Waals surface area contributed by atoms with Gasteiger partial charge in [-0.05, 0) is 36.5 Å². The molecular weight excluding hydrogens is 380 g/mol. The third-order valence-corrected chi connectivity index (χ3v) is 6.27. The quantitative estimate of drug-likeness (QED) is 0.432. The van der Waals surface area contributed by atoms with Crippen LogP contribution >= 0.6 is 11.3 Å². The molecular formula is C24H26N2O2S. The first-order valence-electron chi connectivity index (χ1n) is 10.1. The average molecular weight is 407 g/mol. The average Bonchev–Trinajstić information content (AvgIpc) is 3.27. The van der Waals surface area contributed by atoms with E-state index in [0.29, 0.717) is 11.5 Å². The lowest BCUT2D eigenvalue weighted by atomic mass is 9.84. The third kappa shape index (κ3) is 4.51. The van der Waals surface area contributed by atoms with Crippen molar-refractivity contribution in [1.82, 2.24) is 4.98 Å². The lowest BCUT2D eigenvalue weighted by Crippen LogP contribution is -2.04. The molecule has 0 amide bonds. The van der Waals surface area contributed by atoms with E-state index >= 15 is 0 Å². The van der Waals surface area contributed by atoms with Crippen molar-refractivity contribution in [2.24, 2.45) is 4.99 Å². The SMILES string of the molecule is COc1cccc(C=Nc2nc(-c3ccc(C4CCCCC4)cc3)cs2)c1OC. The first-order chi connectivity index (χ1) is 14.3. The Kier molecular flexibility index (Phi) is 6.25. The third-order valence-electron chi connectivity index (χ3n) is 5.52. The Morgan fingerprint density at radius 3 is 2.52 bits per heavy atom. The highest BCUT2D eigenvalue weighted by molar-refractivity contribution is 7.13. The van der Waals surface area contributed by atoms with Crippen molar-refractivity contribution in [3.05, 3.63) is 59.0 Å². The fraction of sp³-hybridized carbons (Fsp3) is 0.333. The topological polar surface area (TPSA) is 43.7 Å². The molecule has 0 spiro atoms. The molecule has 0 unspecified atom stereocenters. The second-order valence-electron chi connectivity index (χ2n) is 7.31. The van der Waals surface area contributed by atoms with Crippen LogP contribution in [0.2, 0.25) is 0 Å². The number of benzene rings is 2. The molecule has 0 N–H and O–H groups in total. The summed E-state index contributed by atoms with van der Waals surface area (Å²) in [7, 11) is 3.26. The summed E-state index contributed by atoms with van der Waals surface area (Å²) in [5.41, 5.74) is 4.43. The largest absolute Gasteiger partial charge is 0.493 e. The van der Waals surface area contributed by atoms with Crippen LogP contribution in [0, 0.1) is 0 Å². The van der Waals surface area contributed by atoms with Gasteiger partial charge in [-0.15, -0.1) is 11.3 Å². The molecule has 0 atom stereocenters. The molecule has 1 aromatic heterocycles. The summed E-state index contributed by atoms with van der Waals surface area (Å²) >= 11 is 1.54. The Labute approximate surface area is 176 Å². The lowest BCUT2D eigenvalue weighted by molar-refractivity contribution is 0.354. The van der Waals surface area contributed by atoms with Crippen LogP contribution in [0.15, 0.2) is 52.8 Å². The zero-order chi connectivity index (χ0) is 20.1. The molecule has 4 rings (SSSR count). The van der Waals surface area contributed by atoms with E-state index in [1.807, 2.05) is 18.2 Å². The lowest BCUT2D eigenvalue weighted by Gasteiger charge is -2.22. The fourth-order valence-electron chi connectivity index (χ4n) is 3.96. The van der Waals surface area contributed by atoms with E-state index in [1.54, 1.807) is 20.4 Å². The van der Waals surface area contributed by atoms with Gasteiger partial charge < -0.3 is 9.47 Å². The van der Waals surface area contributed by atoms with Crippen LogP contribution in [0.4, 0.5) is 5.13 Å². The molecule has 0 saturated heterocycles. The van der Waals surface area contributed by atoms with E-state index in [1.165, 1.54) is 49.0 Å². The van der Waals surface area contributed by atoms with E-state index in [-0.39, 0.29) is 0 Å². The van der Waals surface area contributed by atoms with E-state index < -0.39 is 0 Å². The summed E-state index contributed by atoms with van der Waals surface area (Å²) in [6, 6.07) is 14.7. The first-order valence-corrected chi connectivity index (χ1v) is 11.0. The maximum absolute atomic E-state index is 5.46. The zero-order valence-electron chi connectivity index (χ0n) is 16.9. The van der Waals surface area contributed by atoms with Gasteiger partial charge >= 0.3 is 0 Å². The van der Waals surface area contributed by atoms with Gasteiger partial charge in [0.05, 0.1) is 19.9 Å². The molecule has 0 radical (unpaired) electrons. The number of rotatable bonds is 6. The minimum atomic E-state index is 0.675. The molecule has 1 fully saturated rings. The molecule has 4 nitrogen and oxygen atoms in total. The predicted molar refractivity (Wildman–Crippen MR) is 120 cm³/mol. The summed E-state index contributed by atoms with van der Waals surface area (Å²) in [5.74, 6) is 2.09. The number of ether oxygens (including phenoxy) is 2. The number of hydrogen-bond donors (Lipinski definition) is 0. The van der Waals surface area contributed by atoms with Gasteiger partial charge in [0.25, 0.3) is 0 Å². The molecule has 1 heterocycles. The number of para-hydroxylation sites is 1. The van der Waals surface area contributed by atoms with Crippen molar-refractivity contribution in [3.8, 4) is 22.8 Å². The highest BCUT2D eigenvalue weighted by Gasteiger charge is 2.15. The molecule has 0 aliphatic heterocycles. The molecule has 3 aromatic rings. The van der Waals surface area contributed by atoms with E-state index in [0.717, 1.165) is 27.9 Å². The number of aromatic nitrogens is 1. The van der Waals surface area contributed by atoms with E-state index in [9.17, 15) is 0 Å². The Bertz CT molecular complexity index is 973. The van der Waals surface area contributed by atoms with Gasteiger partial charge in [0, 0.05) is 22.7 Å². The van der Waals surface area contributed by atoms with Crippen molar-refractivity contribution in [1.29, 1.82) is 0 Å². The number of methoxy groups -OCH3 is 2. The fourth-order valence-corrected chi connectivity index (χ4v) is 4.63. The van der Waals surface area contributed by atoms with Gasteiger partial charge in [-0.1, -0.05) is 49.6 Å². The molecule has 29 heavy (non-hydrogen) atoms. The van der Waals surface area contributed by atoms with Crippen molar-refractivity contribution in [3.63, 3.8) is 0 Å². The second-order valence-corrected chi connectivity index (χ2v) is 8.15. The van der Waals surface area contributed by atoms with Crippen LogP contribution in [0.5, 0.6) is 11.5 Å². The van der Waals surface area contributed by atoms with Gasteiger partial charge in [-0.2, -0.15) is 0 Å². The first kappa shape index (κ1) is 19.6. The van der Waals surface area contributed by atoms with Crippen LogP contribution in [0.1, 0.15) is 49.1 Å². The minimum Gasteiger partial charge on any atom is -0.493 e. The molecule has 1 aliphatic carbocycles.